The number of carbonyl (C=O) groups is 1. The van der Waals surface area contributed by atoms with E-state index >= 15 is 0 Å². The average Bonchev–Trinajstić information content (AvgIpc) is 2.55. The molecule has 0 aliphatic carbocycles. The molecule has 1 aromatic heterocycles. The van der Waals surface area contributed by atoms with Crippen LogP contribution in [-0.4, -0.2) is 10.9 Å². The zero-order valence-corrected chi connectivity index (χ0v) is 14.0. The number of fused-ring (bicyclic) bond motifs is 1. The third-order valence-corrected chi connectivity index (χ3v) is 4.01. The number of hydrogen-bond acceptors (Lipinski definition) is 3. The predicted octanol–water partition coefficient (Wildman–Crippen LogP) is 4.63. The number of nitriles is 1. The van der Waals surface area contributed by atoms with Gasteiger partial charge >= 0.3 is 0 Å². The minimum absolute atomic E-state index is 0.167. The molecule has 1 heterocycles. The second-order valence-electron chi connectivity index (χ2n) is 5.62. The molecule has 0 unspecified atom stereocenters. The number of aryl methyl sites for hydroxylation is 2. The maximum absolute atomic E-state index is 12.5. The molecule has 4 nitrogen and oxygen atoms in total. The Morgan fingerprint density at radius 1 is 1.17 bits per heavy atom. The van der Waals surface area contributed by atoms with E-state index in [-0.39, 0.29) is 11.1 Å². The van der Waals surface area contributed by atoms with E-state index in [0.717, 1.165) is 22.0 Å². The van der Waals surface area contributed by atoms with Gasteiger partial charge in [-0.2, -0.15) is 5.26 Å². The van der Waals surface area contributed by atoms with E-state index in [1.807, 2.05) is 32.0 Å². The minimum Gasteiger partial charge on any atom is -0.322 e. The first kappa shape index (κ1) is 16.0. The molecule has 0 atom stereocenters. The average molecular weight is 336 g/mol. The lowest BCUT2D eigenvalue weighted by Gasteiger charge is -2.10. The lowest BCUT2D eigenvalue weighted by molar-refractivity contribution is 0.102. The van der Waals surface area contributed by atoms with Crippen LogP contribution >= 0.6 is 11.6 Å². The van der Waals surface area contributed by atoms with Gasteiger partial charge in [0.15, 0.2) is 0 Å². The van der Waals surface area contributed by atoms with Crippen LogP contribution in [0.2, 0.25) is 5.15 Å². The van der Waals surface area contributed by atoms with E-state index in [1.54, 1.807) is 30.3 Å². The molecule has 0 spiro atoms. The van der Waals surface area contributed by atoms with Gasteiger partial charge < -0.3 is 5.32 Å². The van der Waals surface area contributed by atoms with Crippen molar-refractivity contribution in [1.82, 2.24) is 4.98 Å². The van der Waals surface area contributed by atoms with Crippen molar-refractivity contribution in [3.8, 4) is 6.07 Å². The highest BCUT2D eigenvalue weighted by Crippen LogP contribution is 2.25. The maximum Gasteiger partial charge on any atom is 0.258 e. The Bertz CT molecular complexity index is 988. The quantitative estimate of drug-likeness (QED) is 0.694. The third-order valence-electron chi connectivity index (χ3n) is 3.72. The zero-order valence-electron chi connectivity index (χ0n) is 13.2. The second-order valence-corrected chi connectivity index (χ2v) is 5.98. The summed E-state index contributed by atoms with van der Waals surface area (Å²) in [6, 6.07) is 14.4. The largest absolute Gasteiger partial charge is 0.322 e. The fourth-order valence-corrected chi connectivity index (χ4v) is 2.84. The number of amides is 1. The summed E-state index contributed by atoms with van der Waals surface area (Å²) < 4.78 is 0. The van der Waals surface area contributed by atoms with Crippen LogP contribution in [0.25, 0.3) is 10.9 Å². The molecule has 5 heteroatoms. The van der Waals surface area contributed by atoms with Crippen molar-refractivity contribution >= 4 is 34.1 Å². The van der Waals surface area contributed by atoms with E-state index in [1.165, 1.54) is 0 Å². The fraction of sp³-hybridized carbons (Fsp3) is 0.105. The standard InChI is InChI=1S/C19H14ClN3O/c1-11-7-12(2)17-14(8-11)9-16(18(20)23-17)19(24)22-15-5-3-13(10-21)4-6-15/h3-9H,1-2H3,(H,22,24). The van der Waals surface area contributed by atoms with Gasteiger partial charge in [-0.1, -0.05) is 23.2 Å². The van der Waals surface area contributed by atoms with Gasteiger partial charge in [-0.05, 0) is 55.8 Å². The van der Waals surface area contributed by atoms with Crippen molar-refractivity contribution in [3.05, 3.63) is 69.9 Å². The molecule has 24 heavy (non-hydrogen) atoms. The molecule has 0 fully saturated rings. The van der Waals surface area contributed by atoms with E-state index in [2.05, 4.69) is 10.3 Å². The molecule has 0 saturated carbocycles. The molecule has 118 valence electrons. The Hall–Kier alpha value is -2.90. The third kappa shape index (κ3) is 3.08. The van der Waals surface area contributed by atoms with E-state index in [0.29, 0.717) is 16.8 Å². The highest BCUT2D eigenvalue weighted by molar-refractivity contribution is 6.33. The minimum atomic E-state index is -0.335. The molecule has 3 rings (SSSR count). The van der Waals surface area contributed by atoms with Crippen molar-refractivity contribution in [1.29, 1.82) is 5.26 Å². The van der Waals surface area contributed by atoms with Crippen molar-refractivity contribution in [2.45, 2.75) is 13.8 Å². The highest BCUT2D eigenvalue weighted by atomic mass is 35.5. The van der Waals surface area contributed by atoms with Crippen LogP contribution in [-0.2, 0) is 0 Å². The summed E-state index contributed by atoms with van der Waals surface area (Å²) in [7, 11) is 0. The SMILES string of the molecule is Cc1cc(C)c2nc(Cl)c(C(=O)Nc3ccc(C#N)cc3)cc2c1. The summed E-state index contributed by atoms with van der Waals surface area (Å²) >= 11 is 6.21. The molecule has 0 saturated heterocycles. The molecule has 0 aliphatic heterocycles. The Balaban J connectivity index is 1.97. The second kappa shape index (κ2) is 6.31. The van der Waals surface area contributed by atoms with Gasteiger partial charge in [0.25, 0.3) is 5.91 Å². The van der Waals surface area contributed by atoms with Crippen LogP contribution in [0.4, 0.5) is 5.69 Å². The monoisotopic (exact) mass is 335 g/mol. The van der Waals surface area contributed by atoms with Crippen LogP contribution in [0, 0.1) is 25.2 Å². The summed E-state index contributed by atoms with van der Waals surface area (Å²) in [5.74, 6) is -0.335. The summed E-state index contributed by atoms with van der Waals surface area (Å²) in [5, 5.41) is 12.6. The molecule has 0 radical (unpaired) electrons. The smallest absolute Gasteiger partial charge is 0.258 e. The number of benzene rings is 2. The lowest BCUT2D eigenvalue weighted by atomic mass is 10.1. The van der Waals surface area contributed by atoms with Crippen molar-refractivity contribution < 1.29 is 4.79 Å². The van der Waals surface area contributed by atoms with Gasteiger partial charge in [-0.3, -0.25) is 4.79 Å². The van der Waals surface area contributed by atoms with Gasteiger partial charge in [0.1, 0.15) is 5.15 Å². The van der Waals surface area contributed by atoms with Crippen molar-refractivity contribution in [2.24, 2.45) is 0 Å². The number of rotatable bonds is 2. The summed E-state index contributed by atoms with van der Waals surface area (Å²) in [5.41, 5.74) is 4.35. The van der Waals surface area contributed by atoms with E-state index in [9.17, 15) is 4.79 Å². The number of nitrogens with one attached hydrogen (secondary N) is 1. The number of pyridine rings is 1. The van der Waals surface area contributed by atoms with Gasteiger partial charge in [0, 0.05) is 11.1 Å². The molecule has 2 aromatic carbocycles. The molecule has 3 aromatic rings. The van der Waals surface area contributed by atoms with Crippen LogP contribution in [0.1, 0.15) is 27.0 Å². The van der Waals surface area contributed by atoms with Crippen LogP contribution < -0.4 is 5.32 Å². The molecule has 1 amide bonds. The summed E-state index contributed by atoms with van der Waals surface area (Å²) in [4.78, 5) is 16.9. The molecular formula is C19H14ClN3O. The van der Waals surface area contributed by atoms with Crippen LogP contribution in [0.3, 0.4) is 0 Å². The fourth-order valence-electron chi connectivity index (χ4n) is 2.61. The molecule has 1 N–H and O–H groups in total. The number of anilines is 1. The van der Waals surface area contributed by atoms with Gasteiger partial charge in [0.05, 0.1) is 22.7 Å². The van der Waals surface area contributed by atoms with Crippen molar-refractivity contribution in [3.63, 3.8) is 0 Å². The number of nitrogens with zero attached hydrogens (tertiary/aromatic N) is 2. The Labute approximate surface area is 144 Å². The summed E-state index contributed by atoms with van der Waals surface area (Å²) in [6.07, 6.45) is 0. The number of halogens is 1. The Morgan fingerprint density at radius 3 is 2.54 bits per heavy atom. The predicted molar refractivity (Wildman–Crippen MR) is 95.3 cm³/mol. The Morgan fingerprint density at radius 2 is 1.88 bits per heavy atom. The van der Waals surface area contributed by atoms with Gasteiger partial charge in [-0.15, -0.1) is 0 Å². The number of hydrogen-bond donors (Lipinski definition) is 1. The number of aromatic nitrogens is 1. The lowest BCUT2D eigenvalue weighted by Crippen LogP contribution is -2.13. The Kier molecular flexibility index (Phi) is 4.20. The van der Waals surface area contributed by atoms with E-state index < -0.39 is 0 Å². The molecule has 0 bridgehead atoms. The summed E-state index contributed by atoms with van der Waals surface area (Å²) in [6.45, 7) is 3.96. The number of carbonyl (C=O) groups excluding carboxylic acids is 1. The molecule has 0 aliphatic rings. The van der Waals surface area contributed by atoms with Crippen LogP contribution in [0.15, 0.2) is 42.5 Å². The first-order valence-corrected chi connectivity index (χ1v) is 7.75. The maximum atomic E-state index is 12.5. The zero-order chi connectivity index (χ0) is 17.3. The normalized spacial score (nSPS) is 10.4. The van der Waals surface area contributed by atoms with E-state index in [4.69, 9.17) is 16.9 Å². The van der Waals surface area contributed by atoms with Gasteiger partial charge in [-0.25, -0.2) is 4.98 Å². The van der Waals surface area contributed by atoms with Crippen molar-refractivity contribution in [2.75, 3.05) is 5.32 Å². The first-order valence-electron chi connectivity index (χ1n) is 7.37. The highest BCUT2D eigenvalue weighted by Gasteiger charge is 2.14. The van der Waals surface area contributed by atoms with Crippen LogP contribution in [0.5, 0.6) is 0 Å². The topological polar surface area (TPSA) is 65.8 Å². The molecular weight excluding hydrogens is 322 g/mol. The van der Waals surface area contributed by atoms with Gasteiger partial charge in [0.2, 0.25) is 0 Å². The first-order chi connectivity index (χ1) is 11.5.